The molecule has 0 fully saturated rings. The van der Waals surface area contributed by atoms with Crippen LogP contribution in [0, 0.1) is 81.8 Å². The highest BCUT2D eigenvalue weighted by Crippen LogP contribution is 2.38. The van der Waals surface area contributed by atoms with Crippen molar-refractivity contribution in [1.82, 2.24) is 16.0 Å². The Balaban J connectivity index is 0.000000987. The molecule has 0 saturated heterocycles. The van der Waals surface area contributed by atoms with E-state index in [-0.39, 0.29) is 108 Å². The van der Waals surface area contributed by atoms with Crippen molar-refractivity contribution in [3.8, 4) is 34.5 Å². The number of methoxy groups -OCH3 is 6. The molecule has 0 bridgehead atoms. The van der Waals surface area contributed by atoms with Gasteiger partial charge < -0.3 is 94.5 Å². The van der Waals surface area contributed by atoms with Crippen LogP contribution < -0.4 is 55.8 Å². The Kier molecular flexibility index (Phi) is 54.2. The van der Waals surface area contributed by atoms with Crippen molar-refractivity contribution in [2.24, 2.45) is 93.3 Å². The predicted molar refractivity (Wildman–Crippen MR) is 511 cm³/mol. The molecule has 748 valence electrons. The Morgan fingerprint density at radius 3 is 0.916 bits per heavy atom. The first-order chi connectivity index (χ1) is 60.8. The van der Waals surface area contributed by atoms with E-state index < -0.39 is 106 Å². The van der Waals surface area contributed by atoms with Crippen molar-refractivity contribution in [2.45, 2.75) is 317 Å². The number of rotatable bonds is 59. The molecule has 0 aromatic heterocycles. The maximum Gasteiger partial charge on any atom is 0.408 e. The third kappa shape index (κ3) is 48.1. The van der Waals surface area contributed by atoms with Crippen LogP contribution in [-0.2, 0) is 81.2 Å². The van der Waals surface area contributed by atoms with Crippen molar-refractivity contribution < 1.29 is 115 Å². The van der Waals surface area contributed by atoms with E-state index in [1.165, 1.54) is 0 Å². The van der Waals surface area contributed by atoms with Crippen LogP contribution in [0.15, 0.2) is 54.6 Å². The minimum atomic E-state index is -1.02. The monoisotopic (exact) mass is 1850 g/mol. The van der Waals surface area contributed by atoms with Gasteiger partial charge in [0.2, 0.25) is 11.8 Å². The average Bonchev–Trinajstić information content (AvgIpc) is 0.835. The number of aliphatic carboxylic acids is 1. The average molecular weight is 1850 g/mol. The second-order valence-corrected chi connectivity index (χ2v) is 41.0. The molecule has 0 aliphatic heterocycles. The number of alkyl carbamates (subject to hydrolysis) is 3. The van der Waals surface area contributed by atoms with Crippen LogP contribution in [0.4, 0.5) is 14.4 Å². The van der Waals surface area contributed by atoms with Gasteiger partial charge in [0.15, 0.2) is 46.1 Å². The van der Waals surface area contributed by atoms with Gasteiger partial charge in [0.1, 0.15) is 28.4 Å². The zero-order valence-electron chi connectivity index (χ0n) is 85.5. The first-order valence-corrected chi connectivity index (χ1v) is 46.8. The van der Waals surface area contributed by atoms with Gasteiger partial charge in [-0.2, -0.15) is 0 Å². The molecule has 3 aromatic carbocycles. The lowest BCUT2D eigenvalue weighted by molar-refractivity contribution is -0.145. The molecule has 0 aliphatic carbocycles. The summed E-state index contributed by atoms with van der Waals surface area (Å²) in [6.45, 7) is 49.8. The van der Waals surface area contributed by atoms with E-state index in [0.29, 0.717) is 126 Å². The number of nitrogens with two attached hydrogens (primary N) is 2. The maximum absolute atomic E-state index is 13.9. The number of ether oxygens (including phenoxy) is 12. The molecule has 3 rings (SSSR count). The Morgan fingerprint density at radius 1 is 0.359 bits per heavy atom. The molecule has 29 heteroatoms. The number of carbonyl (C=O) groups excluding carboxylic acids is 9. The van der Waals surface area contributed by atoms with Gasteiger partial charge in [0.25, 0.3) is 0 Å². The molecule has 0 aliphatic rings. The lowest BCUT2D eigenvalue weighted by Gasteiger charge is -2.33. The normalized spacial score (nSPS) is 14.3. The first-order valence-electron chi connectivity index (χ1n) is 46.8. The summed E-state index contributed by atoms with van der Waals surface area (Å²) in [5.41, 5.74) is 10.2. The molecule has 0 spiro atoms. The van der Waals surface area contributed by atoms with Gasteiger partial charge in [0, 0.05) is 109 Å². The number of amides is 5. The highest BCUT2D eigenvalue weighted by atomic mass is 16.6. The number of carboxylic acids is 1. The molecule has 1 unspecified atom stereocenters. The Bertz CT molecular complexity index is 3950. The molecule has 0 radical (unpaired) electrons. The van der Waals surface area contributed by atoms with Crippen LogP contribution in [0.25, 0.3) is 0 Å². The number of nitrogens with one attached hydrogen (secondary N) is 3. The van der Waals surface area contributed by atoms with Crippen LogP contribution in [0.1, 0.15) is 273 Å². The van der Waals surface area contributed by atoms with Crippen molar-refractivity contribution >= 4 is 59.2 Å². The van der Waals surface area contributed by atoms with Crippen LogP contribution >= 0.6 is 0 Å². The second-order valence-electron chi connectivity index (χ2n) is 41.0. The van der Waals surface area contributed by atoms with Gasteiger partial charge in [-0.3, -0.25) is 33.6 Å². The van der Waals surface area contributed by atoms with Crippen molar-refractivity contribution in [2.75, 3.05) is 82.3 Å². The first kappa shape index (κ1) is 120. The smallest absolute Gasteiger partial charge is 0.408 e. The van der Waals surface area contributed by atoms with Crippen LogP contribution in [0.5, 0.6) is 34.5 Å². The number of benzene rings is 3. The number of Topliss-reactive ketones (excluding diaryl/α,β-unsaturated/α-hetero) is 4. The Hall–Kier alpha value is -8.80. The van der Waals surface area contributed by atoms with E-state index in [4.69, 9.17) is 68.3 Å². The minimum Gasteiger partial charge on any atom is -0.493 e. The van der Waals surface area contributed by atoms with Gasteiger partial charge in [-0.25, -0.2) is 14.4 Å². The number of aliphatic hydroxyl groups excluding tert-OH is 1. The third-order valence-electron chi connectivity index (χ3n) is 23.4. The zero-order valence-corrected chi connectivity index (χ0v) is 85.5. The summed E-state index contributed by atoms with van der Waals surface area (Å²) in [6, 6.07) is 15.1. The van der Waals surface area contributed by atoms with Gasteiger partial charge in [-0.1, -0.05) is 129 Å². The summed E-state index contributed by atoms with van der Waals surface area (Å²) in [5, 5.41) is 29.8. The molecular formula is C102H171N5O24. The van der Waals surface area contributed by atoms with Crippen molar-refractivity contribution in [3.63, 3.8) is 0 Å². The van der Waals surface area contributed by atoms with Crippen molar-refractivity contribution in [1.29, 1.82) is 0 Å². The van der Waals surface area contributed by atoms with Crippen LogP contribution in [0.3, 0.4) is 0 Å². The number of primary amides is 2. The largest absolute Gasteiger partial charge is 0.493 e. The summed E-state index contributed by atoms with van der Waals surface area (Å²) >= 11 is 0. The molecule has 0 saturated carbocycles. The molecule has 5 amide bonds. The predicted octanol–water partition coefficient (Wildman–Crippen LogP) is 17.9. The summed E-state index contributed by atoms with van der Waals surface area (Å²) in [6.07, 6.45) is 3.23. The molecule has 9 N–H and O–H groups in total. The highest BCUT2D eigenvalue weighted by Gasteiger charge is 2.39. The summed E-state index contributed by atoms with van der Waals surface area (Å²) < 4.78 is 66.2. The lowest BCUT2D eigenvalue weighted by atomic mass is 9.78. The number of hydrogen-bond donors (Lipinski definition) is 7. The van der Waals surface area contributed by atoms with E-state index in [1.54, 1.807) is 147 Å². The van der Waals surface area contributed by atoms with E-state index >= 15 is 0 Å². The quantitative estimate of drug-likeness (QED) is 0.0204. The summed E-state index contributed by atoms with van der Waals surface area (Å²) in [7, 11) is 9.75. The molecule has 0 heterocycles. The SMILES string of the molecule is COCCCOc1cc(C[C@@H](C[C@H](NC(=O)OC(C)(C)C)C(=O)CC(C(=O)O)C(C)C)C(C)C)ccc1OC.COCCCOc1cc(C[C@@H](C[C@H](NC(=O)OC(C)(C)C)C(=O)C[C@H](C(=O)CCC(C)(C)C(N)=O)C(C)C)C(C)C)ccc1OC.COCCCOc1cc(C[C@@H](C[C@H](NC(=O)OC(C)(C)C)[C@@H](O)C[C@H](C(=O)CCC(C)(C)C(N)=O)C(C)C)C(C)C)ccc1OC. The number of ketones is 4. The fraction of sp³-hybridized carbons (Fsp3) is 0.725. The number of hydrogen-bond acceptors (Lipinski definition) is 23. The second kappa shape index (κ2) is 59.1. The van der Waals surface area contributed by atoms with Crippen LogP contribution in [0.2, 0.25) is 0 Å². The Labute approximate surface area is 784 Å². The third-order valence-corrected chi connectivity index (χ3v) is 23.4. The van der Waals surface area contributed by atoms with Gasteiger partial charge in [0.05, 0.1) is 71.3 Å². The highest BCUT2D eigenvalue weighted by molar-refractivity contribution is 5.93. The summed E-state index contributed by atoms with van der Waals surface area (Å²) in [4.78, 5) is 128. The van der Waals surface area contributed by atoms with E-state index in [0.717, 1.165) is 36.0 Å². The number of aliphatic hydroxyl groups is 1. The van der Waals surface area contributed by atoms with E-state index in [2.05, 4.69) is 57.5 Å². The minimum absolute atomic E-state index is 0.00295. The fourth-order valence-electron chi connectivity index (χ4n) is 14.6. The lowest BCUT2D eigenvalue weighted by Crippen LogP contribution is -2.48. The Morgan fingerprint density at radius 2 is 0.649 bits per heavy atom. The molecular weight excluding hydrogens is 1680 g/mol. The molecule has 29 nitrogen and oxygen atoms in total. The summed E-state index contributed by atoms with van der Waals surface area (Å²) in [5.74, 6) is -0.408. The molecule has 3 aromatic rings. The number of carboxylic acid groups (broad SMARTS) is 1. The fourth-order valence-corrected chi connectivity index (χ4v) is 14.6. The van der Waals surface area contributed by atoms with Gasteiger partial charge >= 0.3 is 24.2 Å². The topological polar surface area (TPSA) is 410 Å². The molecule has 131 heavy (non-hydrogen) atoms. The van der Waals surface area contributed by atoms with Gasteiger partial charge in [-0.15, -0.1) is 0 Å². The molecule has 10 atom stereocenters. The van der Waals surface area contributed by atoms with E-state index in [9.17, 15) is 58.2 Å². The van der Waals surface area contributed by atoms with Gasteiger partial charge in [-0.05, 0) is 226 Å². The maximum atomic E-state index is 13.9. The standard InChI is InChI=1S/C36H62N2O8.C36H60N2O8.C30H49NO8/c2*1-23(2)26(19-25-13-14-31(44-11)32(20-25)45-18-12-17-43-10)21-28(38-34(42)46-35(5,6)7)30(40)22-27(24(3)4)29(39)15-16-36(8,9)33(37)41;1-19(2)22(15-21-11-12-26(37-9)27(16-21)38-14-10-13-36-8)17-24(31-29(35)39-30(5,6)7)25(32)18-23(20(3)4)28(33)34/h13-14,20,23-24,26-28,30,40H,12,15-19,21-22H2,1-11H3,(H2,37,41)(H,38,42);13-14,20,23-24,26-28H,12,15-19,21-22H2,1-11H3,(H2,37,41)(H,38,42);11-12,16,19-20,22-24H,10,13-15,17-18H2,1-9H3,(H,31,35)(H,33,34)/t26-,27-,28-,30-;26-,27-,28-;22-,23?,24-/m000/s1. The zero-order chi connectivity index (χ0) is 100. The number of carbonyl (C=O) groups is 10. The van der Waals surface area contributed by atoms with E-state index in [1.807, 2.05) is 82.3 Å². The van der Waals surface area contributed by atoms with Crippen LogP contribution in [-0.4, -0.2) is 193 Å². The van der Waals surface area contributed by atoms with Crippen molar-refractivity contribution in [3.05, 3.63) is 71.3 Å².